The Kier molecular flexibility index (Phi) is 4.98. The van der Waals surface area contributed by atoms with E-state index in [1.807, 2.05) is 12.1 Å². The van der Waals surface area contributed by atoms with Crippen molar-refractivity contribution in [2.45, 2.75) is 12.8 Å². The van der Waals surface area contributed by atoms with Gasteiger partial charge in [0, 0.05) is 25.0 Å². The van der Waals surface area contributed by atoms with Crippen molar-refractivity contribution in [1.29, 1.82) is 0 Å². The summed E-state index contributed by atoms with van der Waals surface area (Å²) in [6.45, 7) is 2.02. The van der Waals surface area contributed by atoms with Gasteiger partial charge in [0.2, 0.25) is 0 Å². The van der Waals surface area contributed by atoms with Crippen molar-refractivity contribution in [3.63, 3.8) is 0 Å². The first kappa shape index (κ1) is 13.6. The van der Waals surface area contributed by atoms with E-state index in [0.717, 1.165) is 31.6 Å². The molecule has 102 valence electrons. The first-order valence-corrected chi connectivity index (χ1v) is 6.52. The van der Waals surface area contributed by atoms with Crippen molar-refractivity contribution in [2.24, 2.45) is 5.92 Å². The van der Waals surface area contributed by atoms with E-state index < -0.39 is 0 Å². The molecule has 1 fully saturated rings. The normalized spacial score (nSPS) is 16.6. The molecule has 1 aromatic rings. The smallest absolute Gasteiger partial charge is 0.330 e. The van der Waals surface area contributed by atoms with Crippen LogP contribution in [0.4, 0.5) is 5.69 Å². The summed E-state index contributed by atoms with van der Waals surface area (Å²) in [7, 11) is 0. The Balaban J connectivity index is 1.75. The zero-order valence-electron chi connectivity index (χ0n) is 10.9. The Morgan fingerprint density at radius 2 is 2.00 bits per heavy atom. The molecule has 0 aromatic heterocycles. The number of rotatable bonds is 4. The lowest BCUT2D eigenvalue weighted by atomic mass is 10.0. The molecule has 1 saturated heterocycles. The number of esters is 1. The Labute approximate surface area is 113 Å². The SMILES string of the molecule is Nc1ccc(/C=C/C(=O)OCC2CCOCC2)cc1. The number of benzene rings is 1. The third-order valence-corrected chi connectivity index (χ3v) is 3.15. The van der Waals surface area contributed by atoms with Crippen molar-refractivity contribution in [3.8, 4) is 0 Å². The van der Waals surface area contributed by atoms with Crippen molar-refractivity contribution in [3.05, 3.63) is 35.9 Å². The van der Waals surface area contributed by atoms with Gasteiger partial charge in [-0.05, 0) is 42.5 Å². The van der Waals surface area contributed by atoms with E-state index in [-0.39, 0.29) is 5.97 Å². The number of carbonyl (C=O) groups excluding carboxylic acids is 1. The van der Waals surface area contributed by atoms with Gasteiger partial charge in [-0.1, -0.05) is 12.1 Å². The molecule has 2 N–H and O–H groups in total. The van der Waals surface area contributed by atoms with Crippen molar-refractivity contribution < 1.29 is 14.3 Å². The molecular formula is C15H19NO3. The average molecular weight is 261 g/mol. The first-order valence-electron chi connectivity index (χ1n) is 6.52. The van der Waals surface area contributed by atoms with Gasteiger partial charge in [-0.2, -0.15) is 0 Å². The number of carbonyl (C=O) groups is 1. The van der Waals surface area contributed by atoms with Gasteiger partial charge in [0.05, 0.1) is 6.61 Å². The van der Waals surface area contributed by atoms with Gasteiger partial charge in [-0.15, -0.1) is 0 Å². The first-order chi connectivity index (χ1) is 9.24. The molecule has 0 bridgehead atoms. The van der Waals surface area contributed by atoms with Crippen LogP contribution in [0, 0.1) is 5.92 Å². The van der Waals surface area contributed by atoms with Crippen LogP contribution in [0.1, 0.15) is 18.4 Å². The van der Waals surface area contributed by atoms with Crippen molar-refractivity contribution in [1.82, 2.24) is 0 Å². The van der Waals surface area contributed by atoms with Crippen LogP contribution >= 0.6 is 0 Å². The van der Waals surface area contributed by atoms with Gasteiger partial charge in [-0.25, -0.2) is 4.79 Å². The third kappa shape index (κ3) is 4.75. The fourth-order valence-electron chi connectivity index (χ4n) is 1.93. The Bertz CT molecular complexity index is 433. The van der Waals surface area contributed by atoms with Crippen LogP contribution in [0.25, 0.3) is 6.08 Å². The maximum atomic E-state index is 11.6. The largest absolute Gasteiger partial charge is 0.462 e. The highest BCUT2D eigenvalue weighted by molar-refractivity contribution is 5.87. The van der Waals surface area contributed by atoms with Crippen molar-refractivity contribution >= 4 is 17.7 Å². The molecule has 19 heavy (non-hydrogen) atoms. The summed E-state index contributed by atoms with van der Waals surface area (Å²) in [5.41, 5.74) is 7.22. The van der Waals surface area contributed by atoms with E-state index in [1.165, 1.54) is 6.08 Å². The average Bonchev–Trinajstić information content (AvgIpc) is 2.45. The molecule has 1 aromatic carbocycles. The van der Waals surface area contributed by atoms with Crippen molar-refractivity contribution in [2.75, 3.05) is 25.6 Å². The molecule has 0 unspecified atom stereocenters. The minimum atomic E-state index is -0.302. The topological polar surface area (TPSA) is 61.6 Å². The van der Waals surface area contributed by atoms with Gasteiger partial charge >= 0.3 is 5.97 Å². The fourth-order valence-corrected chi connectivity index (χ4v) is 1.93. The van der Waals surface area contributed by atoms with Gasteiger partial charge in [-0.3, -0.25) is 0 Å². The number of nitrogens with two attached hydrogens (primary N) is 1. The standard InChI is InChI=1S/C15H19NO3/c16-14-4-1-12(2-5-14)3-6-15(17)19-11-13-7-9-18-10-8-13/h1-6,13H,7-11,16H2/b6-3+. The lowest BCUT2D eigenvalue weighted by Gasteiger charge is -2.21. The molecule has 0 aliphatic carbocycles. The molecule has 0 radical (unpaired) electrons. The summed E-state index contributed by atoms with van der Waals surface area (Å²) in [5.74, 6) is 0.131. The number of ether oxygens (including phenoxy) is 2. The van der Waals surface area contributed by atoms with Gasteiger partial charge in [0.1, 0.15) is 0 Å². The molecule has 0 atom stereocenters. The van der Waals surface area contributed by atoms with E-state index in [0.29, 0.717) is 18.2 Å². The molecule has 1 aliphatic heterocycles. The maximum Gasteiger partial charge on any atom is 0.330 e. The summed E-state index contributed by atoms with van der Waals surface area (Å²) in [4.78, 5) is 11.6. The highest BCUT2D eigenvalue weighted by atomic mass is 16.5. The van der Waals surface area contributed by atoms with E-state index >= 15 is 0 Å². The van der Waals surface area contributed by atoms with E-state index in [2.05, 4.69) is 0 Å². The summed E-state index contributed by atoms with van der Waals surface area (Å²) >= 11 is 0. The lowest BCUT2D eigenvalue weighted by Crippen LogP contribution is -2.21. The van der Waals surface area contributed by atoms with Crippen LogP contribution in [0.15, 0.2) is 30.3 Å². The monoisotopic (exact) mass is 261 g/mol. The number of nitrogen functional groups attached to an aromatic ring is 1. The lowest BCUT2D eigenvalue weighted by molar-refractivity contribution is -0.140. The molecule has 0 spiro atoms. The van der Waals surface area contributed by atoms with E-state index in [1.54, 1.807) is 18.2 Å². The van der Waals surface area contributed by atoms with Crippen LogP contribution in [-0.4, -0.2) is 25.8 Å². The van der Waals surface area contributed by atoms with E-state index in [9.17, 15) is 4.79 Å². The Hall–Kier alpha value is -1.81. The molecule has 2 rings (SSSR count). The van der Waals surface area contributed by atoms with Crippen LogP contribution in [0.2, 0.25) is 0 Å². The minimum Gasteiger partial charge on any atom is -0.462 e. The predicted molar refractivity (Wildman–Crippen MR) is 74.4 cm³/mol. The summed E-state index contributed by atoms with van der Waals surface area (Å²) in [6, 6.07) is 7.31. The second-order valence-corrected chi connectivity index (χ2v) is 4.69. The molecule has 0 amide bonds. The van der Waals surface area contributed by atoms with Gasteiger partial charge < -0.3 is 15.2 Å². The summed E-state index contributed by atoms with van der Waals surface area (Å²) in [6.07, 6.45) is 5.11. The number of hydrogen-bond acceptors (Lipinski definition) is 4. The molecule has 4 nitrogen and oxygen atoms in total. The molecule has 0 saturated carbocycles. The van der Waals surface area contributed by atoms with Crippen LogP contribution in [-0.2, 0) is 14.3 Å². The number of anilines is 1. The molecular weight excluding hydrogens is 242 g/mol. The minimum absolute atomic E-state index is 0.302. The van der Waals surface area contributed by atoms with Crippen LogP contribution in [0.3, 0.4) is 0 Å². The van der Waals surface area contributed by atoms with E-state index in [4.69, 9.17) is 15.2 Å². The third-order valence-electron chi connectivity index (χ3n) is 3.15. The highest BCUT2D eigenvalue weighted by Crippen LogP contribution is 2.15. The number of hydrogen-bond donors (Lipinski definition) is 1. The fraction of sp³-hybridized carbons (Fsp3) is 0.400. The van der Waals surface area contributed by atoms with Crippen LogP contribution in [0.5, 0.6) is 0 Å². The Morgan fingerprint density at radius 3 is 2.68 bits per heavy atom. The Morgan fingerprint density at radius 1 is 1.32 bits per heavy atom. The molecule has 1 heterocycles. The zero-order chi connectivity index (χ0) is 13.5. The van der Waals surface area contributed by atoms with Gasteiger partial charge in [0.15, 0.2) is 0 Å². The molecule has 1 aliphatic rings. The second kappa shape index (κ2) is 6.95. The molecule has 4 heteroatoms. The highest BCUT2D eigenvalue weighted by Gasteiger charge is 2.14. The van der Waals surface area contributed by atoms with Gasteiger partial charge in [0.25, 0.3) is 0 Å². The summed E-state index contributed by atoms with van der Waals surface area (Å²) < 4.78 is 10.5. The predicted octanol–water partition coefficient (Wildman–Crippen LogP) is 2.25. The second-order valence-electron chi connectivity index (χ2n) is 4.69. The zero-order valence-corrected chi connectivity index (χ0v) is 10.9. The maximum absolute atomic E-state index is 11.6. The quantitative estimate of drug-likeness (QED) is 0.513. The summed E-state index contributed by atoms with van der Waals surface area (Å²) in [5, 5.41) is 0. The van der Waals surface area contributed by atoms with Crippen LogP contribution < -0.4 is 5.73 Å².